The topological polar surface area (TPSA) is 54.7 Å². The first-order valence-corrected chi connectivity index (χ1v) is 10.9. The second-order valence-corrected chi connectivity index (χ2v) is 8.18. The molecule has 0 saturated carbocycles. The summed E-state index contributed by atoms with van der Waals surface area (Å²) < 4.78 is 11.9. The molecule has 0 aliphatic carbocycles. The number of benzene rings is 2. The first kappa shape index (κ1) is 20.5. The standard InChI is InChI=1S/C25H30N2O3/c1-19(17-27-14-8-3-9-15-27)16-26-25(28)24-22(18-29-20-10-4-2-5-11-20)21-12-6-7-13-23(21)30-24/h2,4-7,10-13,19H,3,8-9,14-18H2,1H3,(H,26,28). The molecule has 1 unspecified atom stereocenters. The van der Waals surface area contributed by atoms with Gasteiger partial charge < -0.3 is 19.4 Å². The van der Waals surface area contributed by atoms with Crippen LogP contribution in [0.3, 0.4) is 0 Å². The Morgan fingerprint density at radius 3 is 2.60 bits per heavy atom. The molecule has 0 bridgehead atoms. The van der Waals surface area contributed by atoms with Crippen molar-refractivity contribution in [2.45, 2.75) is 32.8 Å². The predicted molar refractivity (Wildman–Crippen MR) is 119 cm³/mol. The molecule has 1 fully saturated rings. The third-order valence-electron chi connectivity index (χ3n) is 5.66. The van der Waals surface area contributed by atoms with Gasteiger partial charge in [-0.05, 0) is 50.0 Å². The number of piperidine rings is 1. The Labute approximate surface area is 178 Å². The van der Waals surface area contributed by atoms with E-state index in [9.17, 15) is 4.79 Å². The van der Waals surface area contributed by atoms with E-state index in [0.717, 1.165) is 23.2 Å². The van der Waals surface area contributed by atoms with Crippen molar-refractivity contribution in [3.05, 3.63) is 65.9 Å². The van der Waals surface area contributed by atoms with Gasteiger partial charge in [0.2, 0.25) is 0 Å². The van der Waals surface area contributed by atoms with E-state index >= 15 is 0 Å². The van der Waals surface area contributed by atoms with E-state index in [2.05, 4.69) is 17.1 Å². The van der Waals surface area contributed by atoms with Crippen LogP contribution < -0.4 is 10.1 Å². The van der Waals surface area contributed by atoms with Gasteiger partial charge in [-0.1, -0.05) is 49.7 Å². The fourth-order valence-electron chi connectivity index (χ4n) is 4.09. The Kier molecular flexibility index (Phi) is 6.70. The Morgan fingerprint density at radius 2 is 1.80 bits per heavy atom. The van der Waals surface area contributed by atoms with Gasteiger partial charge in [0.1, 0.15) is 17.9 Å². The summed E-state index contributed by atoms with van der Waals surface area (Å²) in [6, 6.07) is 17.3. The Balaban J connectivity index is 1.43. The molecule has 1 aliphatic heterocycles. The van der Waals surface area contributed by atoms with Crippen molar-refractivity contribution in [2.75, 3.05) is 26.2 Å². The van der Waals surface area contributed by atoms with Crippen LogP contribution in [0.4, 0.5) is 0 Å². The number of nitrogens with one attached hydrogen (secondary N) is 1. The highest BCUT2D eigenvalue weighted by Gasteiger charge is 2.22. The maximum Gasteiger partial charge on any atom is 0.287 e. The average Bonchev–Trinajstić information content (AvgIpc) is 3.16. The zero-order chi connectivity index (χ0) is 20.8. The van der Waals surface area contributed by atoms with Crippen LogP contribution in [0.15, 0.2) is 59.0 Å². The summed E-state index contributed by atoms with van der Waals surface area (Å²) in [4.78, 5) is 15.5. The van der Waals surface area contributed by atoms with Gasteiger partial charge >= 0.3 is 0 Å². The molecule has 1 saturated heterocycles. The van der Waals surface area contributed by atoms with Crippen molar-refractivity contribution in [3.63, 3.8) is 0 Å². The Morgan fingerprint density at radius 1 is 1.07 bits per heavy atom. The van der Waals surface area contributed by atoms with Crippen LogP contribution in [0.5, 0.6) is 5.75 Å². The normalized spacial score (nSPS) is 15.8. The van der Waals surface area contributed by atoms with Gasteiger partial charge in [-0.3, -0.25) is 4.79 Å². The number of para-hydroxylation sites is 2. The highest BCUT2D eigenvalue weighted by Crippen LogP contribution is 2.27. The third-order valence-corrected chi connectivity index (χ3v) is 5.66. The van der Waals surface area contributed by atoms with Crippen LogP contribution in [-0.4, -0.2) is 37.0 Å². The van der Waals surface area contributed by atoms with Crippen LogP contribution in [0.2, 0.25) is 0 Å². The number of hydrogen-bond acceptors (Lipinski definition) is 4. The molecule has 1 atom stereocenters. The van der Waals surface area contributed by atoms with Crippen molar-refractivity contribution in [2.24, 2.45) is 5.92 Å². The molecule has 1 aliphatic rings. The van der Waals surface area contributed by atoms with E-state index in [1.165, 1.54) is 32.4 Å². The number of ether oxygens (including phenoxy) is 1. The molecule has 0 radical (unpaired) electrons. The summed E-state index contributed by atoms with van der Waals surface area (Å²) >= 11 is 0. The first-order valence-electron chi connectivity index (χ1n) is 10.9. The van der Waals surface area contributed by atoms with Gasteiger partial charge in [-0.15, -0.1) is 0 Å². The van der Waals surface area contributed by atoms with Crippen molar-refractivity contribution in [1.29, 1.82) is 0 Å². The number of fused-ring (bicyclic) bond motifs is 1. The van der Waals surface area contributed by atoms with Crippen molar-refractivity contribution in [1.82, 2.24) is 10.2 Å². The molecule has 1 aromatic heterocycles. The second-order valence-electron chi connectivity index (χ2n) is 8.18. The van der Waals surface area contributed by atoms with Crippen LogP contribution in [0, 0.1) is 5.92 Å². The quantitative estimate of drug-likeness (QED) is 0.580. The molecule has 3 aromatic rings. The monoisotopic (exact) mass is 406 g/mol. The minimum absolute atomic E-state index is 0.177. The van der Waals surface area contributed by atoms with E-state index in [4.69, 9.17) is 9.15 Å². The molecule has 1 N–H and O–H groups in total. The SMILES string of the molecule is CC(CNC(=O)c1oc2ccccc2c1COc1ccccc1)CN1CCCCC1. The Hall–Kier alpha value is -2.79. The molecule has 5 heteroatoms. The fraction of sp³-hybridized carbons (Fsp3) is 0.400. The second kappa shape index (κ2) is 9.81. The number of rotatable bonds is 8. The highest BCUT2D eigenvalue weighted by atomic mass is 16.5. The molecule has 5 nitrogen and oxygen atoms in total. The predicted octanol–water partition coefficient (Wildman–Crippen LogP) is 4.86. The molecular formula is C25H30N2O3. The number of amides is 1. The van der Waals surface area contributed by atoms with E-state index < -0.39 is 0 Å². The van der Waals surface area contributed by atoms with Crippen molar-refractivity contribution >= 4 is 16.9 Å². The van der Waals surface area contributed by atoms with Crippen molar-refractivity contribution in [3.8, 4) is 5.75 Å². The molecule has 2 aromatic carbocycles. The number of likely N-dealkylation sites (tertiary alicyclic amines) is 1. The largest absolute Gasteiger partial charge is 0.489 e. The van der Waals surface area contributed by atoms with Crippen LogP contribution in [-0.2, 0) is 6.61 Å². The highest BCUT2D eigenvalue weighted by molar-refractivity contribution is 5.99. The summed E-state index contributed by atoms with van der Waals surface area (Å²) in [6.07, 6.45) is 3.90. The maximum atomic E-state index is 13.0. The average molecular weight is 407 g/mol. The number of carbonyl (C=O) groups excluding carboxylic acids is 1. The lowest BCUT2D eigenvalue weighted by Gasteiger charge is -2.29. The zero-order valence-corrected chi connectivity index (χ0v) is 17.6. The van der Waals surface area contributed by atoms with Crippen LogP contribution in [0.1, 0.15) is 42.3 Å². The summed E-state index contributed by atoms with van der Waals surface area (Å²) in [5, 5.41) is 3.99. The first-order chi connectivity index (χ1) is 14.7. The molecule has 158 valence electrons. The lowest BCUT2D eigenvalue weighted by Crippen LogP contribution is -2.38. The number of nitrogens with zero attached hydrogens (tertiary/aromatic N) is 1. The van der Waals surface area contributed by atoms with E-state index in [1.54, 1.807) is 0 Å². The number of hydrogen-bond donors (Lipinski definition) is 1. The molecule has 30 heavy (non-hydrogen) atoms. The van der Waals surface area contributed by atoms with Gasteiger partial charge in [0.25, 0.3) is 5.91 Å². The number of furan rings is 1. The molecule has 2 heterocycles. The third kappa shape index (κ3) is 5.03. The Bertz CT molecular complexity index is 961. The van der Waals surface area contributed by atoms with E-state index in [1.807, 2.05) is 54.6 Å². The van der Waals surface area contributed by atoms with Crippen LogP contribution >= 0.6 is 0 Å². The summed E-state index contributed by atoms with van der Waals surface area (Å²) in [6.45, 7) is 6.46. The fourth-order valence-corrected chi connectivity index (χ4v) is 4.09. The smallest absolute Gasteiger partial charge is 0.287 e. The summed E-state index contributed by atoms with van der Waals surface area (Å²) in [5.41, 5.74) is 1.49. The number of carbonyl (C=O) groups is 1. The van der Waals surface area contributed by atoms with E-state index in [-0.39, 0.29) is 12.5 Å². The van der Waals surface area contributed by atoms with Gasteiger partial charge in [0.05, 0.1) is 0 Å². The summed E-state index contributed by atoms with van der Waals surface area (Å²) in [7, 11) is 0. The molecular weight excluding hydrogens is 376 g/mol. The van der Waals surface area contributed by atoms with Gasteiger partial charge in [0, 0.05) is 24.0 Å². The lowest BCUT2D eigenvalue weighted by molar-refractivity contribution is 0.0913. The van der Waals surface area contributed by atoms with E-state index in [0.29, 0.717) is 23.8 Å². The van der Waals surface area contributed by atoms with Gasteiger partial charge in [-0.25, -0.2) is 0 Å². The molecule has 0 spiro atoms. The zero-order valence-electron chi connectivity index (χ0n) is 17.6. The minimum Gasteiger partial charge on any atom is -0.489 e. The van der Waals surface area contributed by atoms with Crippen LogP contribution in [0.25, 0.3) is 11.0 Å². The van der Waals surface area contributed by atoms with Gasteiger partial charge in [0.15, 0.2) is 5.76 Å². The van der Waals surface area contributed by atoms with Gasteiger partial charge in [-0.2, -0.15) is 0 Å². The maximum absolute atomic E-state index is 13.0. The molecule has 4 rings (SSSR count). The summed E-state index contributed by atoms with van der Waals surface area (Å²) in [5.74, 6) is 1.32. The van der Waals surface area contributed by atoms with Crippen molar-refractivity contribution < 1.29 is 13.9 Å². The minimum atomic E-state index is -0.177. The molecule has 1 amide bonds. The lowest BCUT2D eigenvalue weighted by atomic mass is 10.1.